The second-order valence-electron chi connectivity index (χ2n) is 9.40. The van der Waals surface area contributed by atoms with E-state index in [0.717, 1.165) is 37.2 Å². The van der Waals surface area contributed by atoms with Crippen molar-refractivity contribution in [1.82, 2.24) is 14.6 Å². The van der Waals surface area contributed by atoms with Crippen LogP contribution in [-0.4, -0.2) is 63.6 Å². The van der Waals surface area contributed by atoms with Gasteiger partial charge in [0.2, 0.25) is 10.0 Å². The van der Waals surface area contributed by atoms with Crippen LogP contribution >= 0.6 is 0 Å². The van der Waals surface area contributed by atoms with E-state index in [9.17, 15) is 8.42 Å². The van der Waals surface area contributed by atoms with Gasteiger partial charge in [-0.1, -0.05) is 6.07 Å². The smallest absolute Gasteiger partial charge is 0.298 e. The standard InChI is InChI=1S/C26H36N4O5S/c1-6-33-25-15-19(7-9-24(25)34-18(2)3)17-30(20-11-13-27-14-12-20)26-28-22-16-21(8-10-23(22)35-26)36(31,32)29(4)5/h7-10,15-16,18,20,27H,6,11-14,17H2,1-5H3. The van der Waals surface area contributed by atoms with Crippen LogP contribution in [-0.2, 0) is 16.6 Å². The number of aromatic nitrogens is 1. The summed E-state index contributed by atoms with van der Waals surface area (Å²) in [4.78, 5) is 7.10. The Hall–Kier alpha value is -2.82. The third-order valence-electron chi connectivity index (χ3n) is 6.15. The van der Waals surface area contributed by atoms with Crippen LogP contribution in [0, 0.1) is 0 Å². The highest BCUT2D eigenvalue weighted by molar-refractivity contribution is 7.89. The van der Waals surface area contributed by atoms with Crippen molar-refractivity contribution in [3.63, 3.8) is 0 Å². The summed E-state index contributed by atoms with van der Waals surface area (Å²) in [6.07, 6.45) is 1.94. The Labute approximate surface area is 213 Å². The molecular weight excluding hydrogens is 480 g/mol. The van der Waals surface area contributed by atoms with Crippen molar-refractivity contribution in [3.05, 3.63) is 42.0 Å². The van der Waals surface area contributed by atoms with Crippen LogP contribution < -0.4 is 19.7 Å². The quantitative estimate of drug-likeness (QED) is 0.432. The van der Waals surface area contributed by atoms with Gasteiger partial charge in [0.15, 0.2) is 17.1 Å². The van der Waals surface area contributed by atoms with Gasteiger partial charge in [-0.25, -0.2) is 12.7 Å². The average molecular weight is 517 g/mol. The number of rotatable bonds is 10. The van der Waals surface area contributed by atoms with Crippen molar-refractivity contribution in [2.24, 2.45) is 0 Å². The Kier molecular flexibility index (Phi) is 8.07. The topological polar surface area (TPSA) is 97.1 Å². The van der Waals surface area contributed by atoms with E-state index >= 15 is 0 Å². The van der Waals surface area contributed by atoms with E-state index in [2.05, 4.69) is 10.2 Å². The zero-order valence-electron chi connectivity index (χ0n) is 21.7. The van der Waals surface area contributed by atoms with Crippen LogP contribution in [0.25, 0.3) is 11.1 Å². The average Bonchev–Trinajstić information content (AvgIpc) is 3.27. The summed E-state index contributed by atoms with van der Waals surface area (Å²) in [5.41, 5.74) is 2.12. The molecule has 1 fully saturated rings. The molecule has 10 heteroatoms. The molecule has 0 amide bonds. The van der Waals surface area contributed by atoms with E-state index in [4.69, 9.17) is 18.9 Å². The molecule has 0 aliphatic carbocycles. The highest BCUT2D eigenvalue weighted by Crippen LogP contribution is 2.33. The molecule has 0 radical (unpaired) electrons. The number of fused-ring (bicyclic) bond motifs is 1. The molecular formula is C26H36N4O5S. The molecule has 0 unspecified atom stereocenters. The number of ether oxygens (including phenoxy) is 2. The first-order valence-electron chi connectivity index (χ1n) is 12.4. The van der Waals surface area contributed by atoms with Gasteiger partial charge in [0.1, 0.15) is 5.52 Å². The molecule has 1 aromatic heterocycles. The summed E-state index contributed by atoms with van der Waals surface area (Å²) in [7, 11) is -0.538. The van der Waals surface area contributed by atoms with Gasteiger partial charge in [-0.05, 0) is 82.6 Å². The lowest BCUT2D eigenvalue weighted by Crippen LogP contribution is -2.43. The lowest BCUT2D eigenvalue weighted by Gasteiger charge is -2.33. The second-order valence-corrected chi connectivity index (χ2v) is 11.6. The van der Waals surface area contributed by atoms with Gasteiger partial charge in [-0.2, -0.15) is 4.98 Å². The Morgan fingerprint density at radius 2 is 1.86 bits per heavy atom. The summed E-state index contributed by atoms with van der Waals surface area (Å²) >= 11 is 0. The molecule has 1 aliphatic heterocycles. The first-order chi connectivity index (χ1) is 17.2. The minimum atomic E-state index is -3.57. The fourth-order valence-electron chi connectivity index (χ4n) is 4.33. The zero-order valence-corrected chi connectivity index (χ0v) is 22.5. The number of nitrogens with zero attached hydrogens (tertiary/aromatic N) is 3. The summed E-state index contributed by atoms with van der Waals surface area (Å²) in [5, 5.41) is 3.41. The number of piperidine rings is 1. The molecule has 3 aromatic rings. The SMILES string of the molecule is CCOc1cc(CN(c2nc3cc(S(=O)(=O)N(C)C)ccc3o2)C2CCNCC2)ccc1OC(C)C. The monoisotopic (exact) mass is 516 g/mol. The van der Waals surface area contributed by atoms with Crippen LogP contribution in [0.1, 0.15) is 39.2 Å². The van der Waals surface area contributed by atoms with Crippen molar-refractivity contribution in [3.8, 4) is 11.5 Å². The predicted molar refractivity (Wildman–Crippen MR) is 140 cm³/mol. The van der Waals surface area contributed by atoms with Gasteiger partial charge >= 0.3 is 0 Å². The van der Waals surface area contributed by atoms with Crippen LogP contribution in [0.3, 0.4) is 0 Å². The summed E-state index contributed by atoms with van der Waals surface area (Å²) < 4.78 is 44.4. The molecule has 0 spiro atoms. The maximum absolute atomic E-state index is 12.6. The molecule has 1 N–H and O–H groups in total. The minimum Gasteiger partial charge on any atom is -0.490 e. The third-order valence-corrected chi connectivity index (χ3v) is 7.96. The van der Waals surface area contributed by atoms with Crippen molar-refractivity contribution in [1.29, 1.82) is 0 Å². The first-order valence-corrected chi connectivity index (χ1v) is 13.9. The minimum absolute atomic E-state index is 0.0437. The van der Waals surface area contributed by atoms with Crippen molar-refractivity contribution >= 4 is 27.1 Å². The van der Waals surface area contributed by atoms with E-state index in [-0.39, 0.29) is 17.0 Å². The molecule has 1 saturated heterocycles. The van der Waals surface area contributed by atoms with Gasteiger partial charge in [0, 0.05) is 26.7 Å². The molecule has 2 aromatic carbocycles. The number of sulfonamides is 1. The molecule has 0 bridgehead atoms. The highest BCUT2D eigenvalue weighted by Gasteiger charge is 2.27. The fraction of sp³-hybridized carbons (Fsp3) is 0.500. The molecule has 36 heavy (non-hydrogen) atoms. The van der Waals surface area contributed by atoms with E-state index in [1.165, 1.54) is 18.4 Å². The van der Waals surface area contributed by atoms with Gasteiger partial charge in [0.25, 0.3) is 6.01 Å². The summed E-state index contributed by atoms with van der Waals surface area (Å²) in [6, 6.07) is 11.5. The maximum atomic E-state index is 12.6. The van der Waals surface area contributed by atoms with E-state index < -0.39 is 10.0 Å². The Morgan fingerprint density at radius 1 is 1.11 bits per heavy atom. The van der Waals surface area contributed by atoms with Crippen molar-refractivity contribution in [2.75, 3.05) is 38.7 Å². The third kappa shape index (κ3) is 5.77. The highest BCUT2D eigenvalue weighted by atomic mass is 32.2. The van der Waals surface area contributed by atoms with Gasteiger partial charge in [-0.15, -0.1) is 0 Å². The normalized spacial score (nSPS) is 15.1. The number of anilines is 1. The van der Waals surface area contributed by atoms with Crippen LogP contribution in [0.5, 0.6) is 11.5 Å². The maximum Gasteiger partial charge on any atom is 0.298 e. The van der Waals surface area contributed by atoms with E-state index in [1.807, 2.05) is 39.0 Å². The number of hydrogen-bond donors (Lipinski definition) is 1. The van der Waals surface area contributed by atoms with Gasteiger partial charge in [0.05, 0.1) is 17.6 Å². The number of benzene rings is 2. The molecule has 196 valence electrons. The Balaban J connectivity index is 1.69. The van der Waals surface area contributed by atoms with Crippen LogP contribution in [0.15, 0.2) is 45.7 Å². The zero-order chi connectivity index (χ0) is 25.9. The van der Waals surface area contributed by atoms with Crippen molar-refractivity contribution < 1.29 is 22.3 Å². The van der Waals surface area contributed by atoms with Gasteiger partial charge in [-0.3, -0.25) is 0 Å². The predicted octanol–water partition coefficient (Wildman–Crippen LogP) is 4.02. The fourth-order valence-corrected chi connectivity index (χ4v) is 5.25. The van der Waals surface area contributed by atoms with Crippen LogP contribution in [0.4, 0.5) is 6.01 Å². The number of hydrogen-bond acceptors (Lipinski definition) is 8. The molecule has 0 saturated carbocycles. The molecule has 0 atom stereocenters. The lowest BCUT2D eigenvalue weighted by atomic mass is 10.0. The largest absolute Gasteiger partial charge is 0.490 e. The van der Waals surface area contributed by atoms with E-state index in [0.29, 0.717) is 36.0 Å². The van der Waals surface area contributed by atoms with E-state index in [1.54, 1.807) is 18.2 Å². The molecule has 9 nitrogen and oxygen atoms in total. The lowest BCUT2D eigenvalue weighted by molar-refractivity contribution is 0.223. The summed E-state index contributed by atoms with van der Waals surface area (Å²) in [6.45, 7) is 8.88. The first kappa shape index (κ1) is 26.2. The Bertz CT molecular complexity index is 1280. The van der Waals surface area contributed by atoms with Crippen LogP contribution in [0.2, 0.25) is 0 Å². The Morgan fingerprint density at radius 3 is 2.53 bits per heavy atom. The molecule has 1 aliphatic rings. The number of oxazole rings is 1. The van der Waals surface area contributed by atoms with Gasteiger partial charge < -0.3 is 24.1 Å². The summed E-state index contributed by atoms with van der Waals surface area (Å²) in [5.74, 6) is 1.44. The molecule has 2 heterocycles. The second kappa shape index (κ2) is 11.1. The number of nitrogens with one attached hydrogen (secondary N) is 1. The van der Waals surface area contributed by atoms with Crippen molar-refractivity contribution in [2.45, 2.75) is 57.2 Å². The molecule has 4 rings (SSSR count).